The SMILES string of the molecule is Cc1cncc(C(N)c2ccc(F)cn2)c1. The Morgan fingerprint density at radius 1 is 1.25 bits per heavy atom. The minimum absolute atomic E-state index is 0.363. The molecule has 0 spiro atoms. The highest BCUT2D eigenvalue weighted by molar-refractivity contribution is 5.27. The van der Waals surface area contributed by atoms with Gasteiger partial charge in [0, 0.05) is 12.4 Å². The molecule has 2 heterocycles. The van der Waals surface area contributed by atoms with Crippen molar-refractivity contribution >= 4 is 0 Å². The molecule has 0 saturated carbocycles. The van der Waals surface area contributed by atoms with Crippen LogP contribution in [0.2, 0.25) is 0 Å². The van der Waals surface area contributed by atoms with Gasteiger partial charge < -0.3 is 5.73 Å². The van der Waals surface area contributed by atoms with Crippen LogP contribution in [0.4, 0.5) is 4.39 Å². The van der Waals surface area contributed by atoms with Crippen molar-refractivity contribution in [2.75, 3.05) is 0 Å². The summed E-state index contributed by atoms with van der Waals surface area (Å²) in [5, 5.41) is 0. The lowest BCUT2D eigenvalue weighted by atomic mass is 10.1. The average Bonchev–Trinajstić information content (AvgIpc) is 2.29. The maximum atomic E-state index is 12.7. The summed E-state index contributed by atoms with van der Waals surface area (Å²) in [6.45, 7) is 1.95. The predicted octanol–water partition coefficient (Wildman–Crippen LogP) is 1.97. The maximum absolute atomic E-state index is 12.7. The van der Waals surface area contributed by atoms with Crippen LogP contribution in [0.25, 0.3) is 0 Å². The second-order valence-electron chi connectivity index (χ2n) is 3.67. The van der Waals surface area contributed by atoms with E-state index in [4.69, 9.17) is 5.73 Å². The van der Waals surface area contributed by atoms with Crippen molar-refractivity contribution in [2.24, 2.45) is 5.73 Å². The molecule has 2 N–H and O–H groups in total. The van der Waals surface area contributed by atoms with Crippen molar-refractivity contribution in [1.29, 1.82) is 0 Å². The maximum Gasteiger partial charge on any atom is 0.141 e. The van der Waals surface area contributed by atoms with E-state index in [0.29, 0.717) is 5.69 Å². The van der Waals surface area contributed by atoms with Gasteiger partial charge in [-0.1, -0.05) is 6.07 Å². The highest BCUT2D eigenvalue weighted by Crippen LogP contribution is 2.17. The minimum atomic E-state index is -0.368. The van der Waals surface area contributed by atoms with Gasteiger partial charge in [-0.15, -0.1) is 0 Å². The van der Waals surface area contributed by atoms with Crippen molar-refractivity contribution in [3.05, 3.63) is 59.4 Å². The zero-order valence-electron chi connectivity index (χ0n) is 8.89. The van der Waals surface area contributed by atoms with Crippen molar-refractivity contribution in [3.63, 3.8) is 0 Å². The Bertz CT molecular complexity index is 482. The zero-order valence-corrected chi connectivity index (χ0v) is 8.89. The molecular weight excluding hydrogens is 205 g/mol. The second-order valence-corrected chi connectivity index (χ2v) is 3.67. The lowest BCUT2D eigenvalue weighted by Gasteiger charge is -2.11. The number of nitrogens with zero attached hydrogens (tertiary/aromatic N) is 2. The number of aryl methyl sites for hydroxylation is 1. The number of halogens is 1. The van der Waals surface area contributed by atoms with Crippen LogP contribution in [0.5, 0.6) is 0 Å². The van der Waals surface area contributed by atoms with Gasteiger partial charge in [0.1, 0.15) is 5.82 Å². The molecule has 0 amide bonds. The molecule has 0 saturated heterocycles. The first kappa shape index (κ1) is 10.7. The molecule has 0 aliphatic rings. The summed E-state index contributed by atoms with van der Waals surface area (Å²) in [7, 11) is 0. The highest BCUT2D eigenvalue weighted by Gasteiger charge is 2.10. The lowest BCUT2D eigenvalue weighted by molar-refractivity contribution is 0.617. The lowest BCUT2D eigenvalue weighted by Crippen LogP contribution is -2.13. The van der Waals surface area contributed by atoms with Crippen LogP contribution in [0.15, 0.2) is 36.8 Å². The predicted molar refractivity (Wildman–Crippen MR) is 59.2 cm³/mol. The molecule has 0 bridgehead atoms. The molecule has 2 rings (SSSR count). The number of rotatable bonds is 2. The van der Waals surface area contributed by atoms with Gasteiger partial charge in [-0.2, -0.15) is 0 Å². The van der Waals surface area contributed by atoms with Gasteiger partial charge in [0.2, 0.25) is 0 Å². The van der Waals surface area contributed by atoms with Crippen LogP contribution in [0.1, 0.15) is 22.9 Å². The Labute approximate surface area is 93.2 Å². The van der Waals surface area contributed by atoms with Gasteiger partial charge >= 0.3 is 0 Å². The number of hydrogen-bond acceptors (Lipinski definition) is 3. The van der Waals surface area contributed by atoms with Gasteiger partial charge in [0.25, 0.3) is 0 Å². The fraction of sp³-hybridized carbons (Fsp3) is 0.167. The Hall–Kier alpha value is -1.81. The molecule has 82 valence electrons. The Kier molecular flexibility index (Phi) is 2.92. The monoisotopic (exact) mass is 217 g/mol. The molecule has 3 nitrogen and oxygen atoms in total. The summed E-state index contributed by atoms with van der Waals surface area (Å²) in [4.78, 5) is 8.02. The van der Waals surface area contributed by atoms with Crippen LogP contribution in [-0.4, -0.2) is 9.97 Å². The quantitative estimate of drug-likeness (QED) is 0.836. The standard InChI is InChI=1S/C12H12FN3/c1-8-4-9(6-15-5-8)12(14)11-3-2-10(13)7-16-11/h2-7,12H,14H2,1H3. The fourth-order valence-corrected chi connectivity index (χ4v) is 1.49. The molecule has 2 aromatic rings. The molecule has 2 aromatic heterocycles. The molecule has 4 heteroatoms. The van der Waals surface area contributed by atoms with E-state index in [9.17, 15) is 4.39 Å². The van der Waals surface area contributed by atoms with E-state index in [1.807, 2.05) is 13.0 Å². The summed E-state index contributed by atoms with van der Waals surface area (Å²) in [5.41, 5.74) is 8.55. The summed E-state index contributed by atoms with van der Waals surface area (Å²) in [5.74, 6) is -0.363. The summed E-state index contributed by atoms with van der Waals surface area (Å²) in [6.07, 6.45) is 4.62. The van der Waals surface area contributed by atoms with Crippen LogP contribution in [0, 0.1) is 12.7 Å². The molecule has 0 aromatic carbocycles. The summed E-state index contributed by atoms with van der Waals surface area (Å²) >= 11 is 0. The van der Waals surface area contributed by atoms with Gasteiger partial charge in [-0.05, 0) is 30.2 Å². The van der Waals surface area contributed by atoms with E-state index in [1.54, 1.807) is 18.5 Å². The molecule has 0 fully saturated rings. The van der Waals surface area contributed by atoms with Crippen molar-refractivity contribution < 1.29 is 4.39 Å². The van der Waals surface area contributed by atoms with Crippen molar-refractivity contribution in [2.45, 2.75) is 13.0 Å². The molecule has 0 aliphatic heterocycles. The topological polar surface area (TPSA) is 51.8 Å². The van der Waals surface area contributed by atoms with Crippen LogP contribution >= 0.6 is 0 Å². The van der Waals surface area contributed by atoms with Crippen molar-refractivity contribution in [1.82, 2.24) is 9.97 Å². The third-order valence-electron chi connectivity index (χ3n) is 2.32. The van der Waals surface area contributed by atoms with E-state index >= 15 is 0 Å². The molecule has 0 aliphatic carbocycles. The van der Waals surface area contributed by atoms with Gasteiger partial charge in [-0.3, -0.25) is 9.97 Å². The third kappa shape index (κ3) is 2.23. The number of pyridine rings is 2. The first-order chi connectivity index (χ1) is 7.66. The summed E-state index contributed by atoms with van der Waals surface area (Å²) < 4.78 is 12.7. The first-order valence-electron chi connectivity index (χ1n) is 4.95. The molecular formula is C12H12FN3. The average molecular weight is 217 g/mol. The second kappa shape index (κ2) is 4.37. The number of hydrogen-bond donors (Lipinski definition) is 1. The smallest absolute Gasteiger partial charge is 0.141 e. The van der Waals surface area contributed by atoms with E-state index in [1.165, 1.54) is 12.3 Å². The van der Waals surface area contributed by atoms with E-state index in [2.05, 4.69) is 9.97 Å². The number of aromatic nitrogens is 2. The number of nitrogens with two attached hydrogens (primary N) is 1. The Balaban J connectivity index is 2.31. The van der Waals surface area contributed by atoms with Gasteiger partial charge in [-0.25, -0.2) is 4.39 Å². The third-order valence-corrected chi connectivity index (χ3v) is 2.32. The molecule has 0 radical (unpaired) electrons. The zero-order chi connectivity index (χ0) is 11.5. The summed E-state index contributed by atoms with van der Waals surface area (Å²) in [6, 6.07) is 4.52. The van der Waals surface area contributed by atoms with E-state index in [-0.39, 0.29) is 11.9 Å². The first-order valence-corrected chi connectivity index (χ1v) is 4.95. The van der Waals surface area contributed by atoms with E-state index < -0.39 is 0 Å². The highest BCUT2D eigenvalue weighted by atomic mass is 19.1. The van der Waals surface area contributed by atoms with Gasteiger partial charge in [0.05, 0.1) is 17.9 Å². The Morgan fingerprint density at radius 2 is 2.06 bits per heavy atom. The minimum Gasteiger partial charge on any atom is -0.319 e. The normalized spacial score (nSPS) is 12.4. The van der Waals surface area contributed by atoms with Crippen LogP contribution in [-0.2, 0) is 0 Å². The van der Waals surface area contributed by atoms with E-state index in [0.717, 1.165) is 11.1 Å². The molecule has 1 atom stereocenters. The largest absolute Gasteiger partial charge is 0.319 e. The van der Waals surface area contributed by atoms with Crippen molar-refractivity contribution in [3.8, 4) is 0 Å². The van der Waals surface area contributed by atoms with Gasteiger partial charge in [0.15, 0.2) is 0 Å². The molecule has 16 heavy (non-hydrogen) atoms. The van der Waals surface area contributed by atoms with Crippen LogP contribution in [0.3, 0.4) is 0 Å². The Morgan fingerprint density at radius 3 is 2.69 bits per heavy atom. The fourth-order valence-electron chi connectivity index (χ4n) is 1.49. The molecule has 1 unspecified atom stereocenters. The van der Waals surface area contributed by atoms with Crippen LogP contribution < -0.4 is 5.73 Å².